The molecule has 0 bridgehead atoms. The van der Waals surface area contributed by atoms with E-state index in [1.807, 2.05) is 37.4 Å². The zero-order valence-electron chi connectivity index (χ0n) is 12.8. The highest BCUT2D eigenvalue weighted by Gasteiger charge is 2.00. The van der Waals surface area contributed by atoms with Crippen LogP contribution in [0.3, 0.4) is 0 Å². The van der Waals surface area contributed by atoms with Gasteiger partial charge in [-0.1, -0.05) is 12.1 Å². The second-order valence-corrected chi connectivity index (χ2v) is 5.86. The number of aliphatic hydroxyl groups is 1. The summed E-state index contributed by atoms with van der Waals surface area (Å²) in [6.07, 6.45) is 1.81. The second-order valence-electron chi connectivity index (χ2n) is 4.76. The van der Waals surface area contributed by atoms with Gasteiger partial charge in [-0.05, 0) is 42.3 Å². The van der Waals surface area contributed by atoms with Gasteiger partial charge in [-0.15, -0.1) is 0 Å². The van der Waals surface area contributed by atoms with Crippen molar-refractivity contribution in [2.24, 2.45) is 0 Å². The predicted octanol–water partition coefficient (Wildman–Crippen LogP) is 3.32. The van der Waals surface area contributed by atoms with E-state index in [1.165, 1.54) is 5.56 Å². The minimum Gasteiger partial charge on any atom is -0.494 e. The molecule has 2 aromatic rings. The summed E-state index contributed by atoms with van der Waals surface area (Å²) in [6.45, 7) is 3.58. The van der Waals surface area contributed by atoms with E-state index in [-0.39, 0.29) is 6.61 Å². The average Bonchev–Trinajstić information content (AvgIpc) is 2.54. The number of anilines is 1. The van der Waals surface area contributed by atoms with E-state index in [0.29, 0.717) is 13.2 Å². The average molecular weight is 318 g/mol. The lowest BCUT2D eigenvalue weighted by Gasteiger charge is -2.09. The summed E-state index contributed by atoms with van der Waals surface area (Å²) in [5.74, 6) is 3.40. The Morgan fingerprint density at radius 2 is 2.14 bits per heavy atom. The number of hydrogen-bond acceptors (Lipinski definition) is 5. The van der Waals surface area contributed by atoms with E-state index in [9.17, 15) is 0 Å². The third kappa shape index (κ3) is 5.58. The van der Waals surface area contributed by atoms with Crippen molar-refractivity contribution in [1.29, 1.82) is 0 Å². The molecule has 0 saturated carbocycles. The lowest BCUT2D eigenvalue weighted by molar-refractivity contribution is 0.322. The van der Waals surface area contributed by atoms with Gasteiger partial charge < -0.3 is 15.2 Å². The highest BCUT2D eigenvalue weighted by molar-refractivity contribution is 7.98. The number of pyridine rings is 1. The van der Waals surface area contributed by atoms with Crippen molar-refractivity contribution in [1.82, 2.24) is 4.98 Å². The summed E-state index contributed by atoms with van der Waals surface area (Å²) in [5.41, 5.74) is 2.37. The molecule has 22 heavy (non-hydrogen) atoms. The Morgan fingerprint density at radius 3 is 2.95 bits per heavy atom. The van der Waals surface area contributed by atoms with Crippen molar-refractivity contribution in [3.05, 3.63) is 53.7 Å². The Hall–Kier alpha value is -1.72. The maximum absolute atomic E-state index is 8.81. The first-order valence-electron chi connectivity index (χ1n) is 7.41. The molecule has 0 saturated heterocycles. The minimum atomic E-state index is 0.219. The van der Waals surface area contributed by atoms with E-state index < -0.39 is 0 Å². The topological polar surface area (TPSA) is 54.4 Å². The van der Waals surface area contributed by atoms with Crippen molar-refractivity contribution >= 4 is 17.6 Å². The van der Waals surface area contributed by atoms with Crippen LogP contribution in [0.5, 0.6) is 5.75 Å². The largest absolute Gasteiger partial charge is 0.494 e. The van der Waals surface area contributed by atoms with Gasteiger partial charge >= 0.3 is 0 Å². The van der Waals surface area contributed by atoms with E-state index in [4.69, 9.17) is 9.84 Å². The highest BCUT2D eigenvalue weighted by Crippen LogP contribution is 2.17. The molecule has 0 aliphatic carbocycles. The molecule has 5 heteroatoms. The van der Waals surface area contributed by atoms with Crippen LogP contribution >= 0.6 is 11.8 Å². The summed E-state index contributed by atoms with van der Waals surface area (Å²) < 4.78 is 5.51. The Balaban J connectivity index is 1.90. The van der Waals surface area contributed by atoms with Crippen LogP contribution in [0.4, 0.5) is 5.82 Å². The fourth-order valence-electron chi connectivity index (χ4n) is 2.02. The molecule has 1 aromatic heterocycles. The van der Waals surface area contributed by atoms with Crippen molar-refractivity contribution < 1.29 is 9.84 Å². The van der Waals surface area contributed by atoms with Gasteiger partial charge in [0.2, 0.25) is 0 Å². The number of aromatic nitrogens is 1. The molecule has 2 N–H and O–H groups in total. The second kappa shape index (κ2) is 9.33. The van der Waals surface area contributed by atoms with Crippen LogP contribution in [0, 0.1) is 0 Å². The van der Waals surface area contributed by atoms with Crippen molar-refractivity contribution in [2.45, 2.75) is 19.2 Å². The Labute approximate surface area is 135 Å². The zero-order chi connectivity index (χ0) is 15.6. The third-order valence-electron chi connectivity index (χ3n) is 3.01. The van der Waals surface area contributed by atoms with Crippen LogP contribution in [-0.4, -0.2) is 29.1 Å². The van der Waals surface area contributed by atoms with E-state index >= 15 is 0 Å². The third-order valence-corrected chi connectivity index (χ3v) is 4.02. The monoisotopic (exact) mass is 318 g/mol. The lowest BCUT2D eigenvalue weighted by Crippen LogP contribution is -2.02. The number of benzene rings is 1. The molecular weight excluding hydrogens is 296 g/mol. The number of nitrogens with zero attached hydrogens (tertiary/aromatic N) is 1. The first kappa shape index (κ1) is 16.6. The predicted molar refractivity (Wildman–Crippen MR) is 92.4 cm³/mol. The van der Waals surface area contributed by atoms with Crippen LogP contribution in [0.15, 0.2) is 42.6 Å². The smallest absolute Gasteiger partial charge is 0.126 e. The first-order valence-corrected chi connectivity index (χ1v) is 8.56. The van der Waals surface area contributed by atoms with Gasteiger partial charge in [0.15, 0.2) is 0 Å². The fourth-order valence-corrected chi connectivity index (χ4v) is 2.71. The lowest BCUT2D eigenvalue weighted by atomic mass is 10.2. The molecule has 0 atom stereocenters. The van der Waals surface area contributed by atoms with Gasteiger partial charge in [-0.2, -0.15) is 11.8 Å². The summed E-state index contributed by atoms with van der Waals surface area (Å²) in [4.78, 5) is 4.34. The first-order chi connectivity index (χ1) is 10.8. The Bertz CT molecular complexity index is 578. The maximum atomic E-state index is 8.81. The van der Waals surface area contributed by atoms with Crippen molar-refractivity contribution in [3.8, 4) is 5.75 Å². The molecule has 4 nitrogen and oxygen atoms in total. The quantitative estimate of drug-likeness (QED) is 0.695. The van der Waals surface area contributed by atoms with Crippen LogP contribution in [0.2, 0.25) is 0 Å². The Kier molecular flexibility index (Phi) is 7.06. The molecule has 0 aliphatic rings. The van der Waals surface area contributed by atoms with E-state index in [2.05, 4.69) is 22.4 Å². The van der Waals surface area contributed by atoms with Gasteiger partial charge in [-0.25, -0.2) is 4.98 Å². The molecule has 0 unspecified atom stereocenters. The van der Waals surface area contributed by atoms with Crippen LogP contribution in [0.1, 0.15) is 18.1 Å². The molecule has 0 fully saturated rings. The molecule has 1 heterocycles. The summed E-state index contributed by atoms with van der Waals surface area (Å²) in [7, 11) is 0. The summed E-state index contributed by atoms with van der Waals surface area (Å²) in [6, 6.07) is 12.1. The number of rotatable bonds is 9. The number of aliphatic hydroxyl groups excluding tert-OH is 1. The molecule has 0 amide bonds. The molecule has 118 valence electrons. The fraction of sp³-hybridized carbons (Fsp3) is 0.353. The molecular formula is C17H22N2O2S. The number of nitrogens with one attached hydrogen (secondary N) is 1. The maximum Gasteiger partial charge on any atom is 0.126 e. The zero-order valence-corrected chi connectivity index (χ0v) is 13.6. The van der Waals surface area contributed by atoms with Gasteiger partial charge in [0.1, 0.15) is 11.6 Å². The molecule has 0 aliphatic heterocycles. The summed E-state index contributed by atoms with van der Waals surface area (Å²) >= 11 is 1.71. The Morgan fingerprint density at radius 1 is 1.23 bits per heavy atom. The van der Waals surface area contributed by atoms with Gasteiger partial charge in [0, 0.05) is 24.2 Å². The molecule has 1 aromatic carbocycles. The van der Waals surface area contributed by atoms with Crippen LogP contribution in [0.25, 0.3) is 0 Å². The highest BCUT2D eigenvalue weighted by atomic mass is 32.2. The number of ether oxygens (including phenoxy) is 1. The van der Waals surface area contributed by atoms with Crippen LogP contribution < -0.4 is 10.1 Å². The SMILES string of the molecule is CCOc1cccc(CNc2cc(CSCCO)ccn2)c1. The molecule has 2 rings (SSSR count). The van der Waals surface area contributed by atoms with Crippen molar-refractivity contribution in [2.75, 3.05) is 24.3 Å². The van der Waals surface area contributed by atoms with Gasteiger partial charge in [0.05, 0.1) is 13.2 Å². The molecule has 0 radical (unpaired) electrons. The normalized spacial score (nSPS) is 10.5. The van der Waals surface area contributed by atoms with Crippen molar-refractivity contribution in [3.63, 3.8) is 0 Å². The van der Waals surface area contributed by atoms with Gasteiger partial charge in [0.25, 0.3) is 0 Å². The summed E-state index contributed by atoms with van der Waals surface area (Å²) in [5, 5.41) is 12.1. The number of hydrogen-bond donors (Lipinski definition) is 2. The van der Waals surface area contributed by atoms with E-state index in [1.54, 1.807) is 11.8 Å². The van der Waals surface area contributed by atoms with Crippen LogP contribution in [-0.2, 0) is 12.3 Å². The minimum absolute atomic E-state index is 0.219. The van der Waals surface area contributed by atoms with E-state index in [0.717, 1.165) is 28.6 Å². The standard InChI is InChI=1S/C17H22N2O2S/c1-2-21-16-5-3-4-14(10-16)12-19-17-11-15(6-7-18-17)13-22-9-8-20/h3-7,10-11,20H,2,8-9,12-13H2,1H3,(H,18,19). The van der Waals surface area contributed by atoms with Gasteiger partial charge in [-0.3, -0.25) is 0 Å². The number of thioether (sulfide) groups is 1. The molecule has 0 spiro atoms.